The van der Waals surface area contributed by atoms with E-state index in [-0.39, 0.29) is 12.8 Å². The Morgan fingerprint density at radius 3 is 1.58 bits per heavy atom. The lowest BCUT2D eigenvalue weighted by Gasteiger charge is -2.18. The van der Waals surface area contributed by atoms with Crippen LogP contribution < -0.4 is 5.32 Å². The van der Waals surface area contributed by atoms with Gasteiger partial charge in [0.2, 0.25) is 5.91 Å². The van der Waals surface area contributed by atoms with Crippen molar-refractivity contribution in [3.05, 3.63) is 48.6 Å². The summed E-state index contributed by atoms with van der Waals surface area (Å²) in [5.41, 5.74) is 0. The molecule has 0 radical (unpaired) electrons. The number of carboxylic acid groups (broad SMARTS) is 1. The van der Waals surface area contributed by atoms with Crippen LogP contribution in [0.5, 0.6) is 0 Å². The Hall–Kier alpha value is -2.56. The number of unbranched alkanes of at least 4 members (excludes halogenated alkanes) is 15. The molecule has 0 heterocycles. The maximum absolute atomic E-state index is 12.3. The number of phosphoric acid groups is 1. The summed E-state index contributed by atoms with van der Waals surface area (Å²) in [6.07, 6.45) is 38.5. The van der Waals surface area contributed by atoms with Gasteiger partial charge in [0, 0.05) is 12.8 Å². The first kappa shape index (κ1) is 50.4. The standard InChI is InChI=1S/C41H72NO10P/c1-3-5-7-9-11-13-15-17-19-21-23-25-27-29-31-33-40(45)50-34-37(43)35-51-53(48,49)52-36-38(41(46)47)42-39(44)32-30-28-26-24-22-20-18-16-14-12-10-8-6-4-2/h10-13,16-19,37-38,43H,3-9,14-15,20-36H2,1-2H3,(H,42,44)(H,46,47)(H,48,49)/b12-10-,13-11-,18-16-,19-17-. The smallest absolute Gasteiger partial charge is 0.472 e. The molecule has 4 N–H and O–H groups in total. The van der Waals surface area contributed by atoms with Gasteiger partial charge in [-0.05, 0) is 70.6 Å². The average molecular weight is 770 g/mol. The maximum atomic E-state index is 12.3. The van der Waals surface area contributed by atoms with Crippen molar-refractivity contribution in [2.45, 2.75) is 174 Å². The minimum atomic E-state index is -4.76. The number of nitrogens with one attached hydrogen (secondary N) is 1. The monoisotopic (exact) mass is 769 g/mol. The molecular weight excluding hydrogens is 697 g/mol. The molecule has 0 fully saturated rings. The number of rotatable bonds is 37. The number of amides is 1. The molecular formula is C41H72NO10P. The van der Waals surface area contributed by atoms with Crippen LogP contribution >= 0.6 is 7.82 Å². The first-order valence-corrected chi connectivity index (χ1v) is 21.7. The number of allylic oxidation sites excluding steroid dienone is 8. The molecule has 3 atom stereocenters. The predicted octanol–water partition coefficient (Wildman–Crippen LogP) is 9.83. The van der Waals surface area contributed by atoms with E-state index in [1.54, 1.807) is 0 Å². The zero-order valence-corrected chi connectivity index (χ0v) is 33.7. The largest absolute Gasteiger partial charge is 0.480 e. The van der Waals surface area contributed by atoms with Crippen LogP contribution in [0.2, 0.25) is 0 Å². The van der Waals surface area contributed by atoms with Crippen LogP contribution in [0, 0.1) is 0 Å². The Balaban J connectivity index is 3.99. The van der Waals surface area contributed by atoms with Gasteiger partial charge in [-0.25, -0.2) is 9.36 Å². The Bertz CT molecular complexity index is 1090. The molecule has 53 heavy (non-hydrogen) atoms. The third-order valence-corrected chi connectivity index (χ3v) is 9.29. The fraction of sp³-hybridized carbons (Fsp3) is 0.732. The number of carbonyl (C=O) groups is 3. The highest BCUT2D eigenvalue weighted by atomic mass is 31.2. The summed E-state index contributed by atoms with van der Waals surface area (Å²) < 4.78 is 26.7. The summed E-state index contributed by atoms with van der Waals surface area (Å²) in [4.78, 5) is 45.8. The number of carboxylic acids is 1. The van der Waals surface area contributed by atoms with Gasteiger partial charge in [-0.15, -0.1) is 0 Å². The first-order chi connectivity index (χ1) is 25.6. The van der Waals surface area contributed by atoms with Gasteiger partial charge in [-0.2, -0.15) is 0 Å². The molecule has 0 rings (SSSR count). The summed E-state index contributed by atoms with van der Waals surface area (Å²) in [7, 11) is -4.76. The van der Waals surface area contributed by atoms with Gasteiger partial charge in [-0.1, -0.05) is 127 Å². The number of hydrogen-bond acceptors (Lipinski definition) is 8. The van der Waals surface area contributed by atoms with E-state index in [0.717, 1.165) is 89.9 Å². The number of aliphatic hydroxyl groups is 1. The van der Waals surface area contributed by atoms with E-state index in [4.69, 9.17) is 13.8 Å². The quantitative estimate of drug-likeness (QED) is 0.0207. The van der Waals surface area contributed by atoms with Gasteiger partial charge >= 0.3 is 19.8 Å². The van der Waals surface area contributed by atoms with Crippen molar-refractivity contribution < 1.29 is 47.8 Å². The second kappa shape index (κ2) is 36.4. The Labute approximate surface area is 320 Å². The van der Waals surface area contributed by atoms with E-state index in [1.165, 1.54) is 32.1 Å². The zero-order chi connectivity index (χ0) is 39.3. The number of hydrogen-bond donors (Lipinski definition) is 4. The van der Waals surface area contributed by atoms with Crippen molar-refractivity contribution in [1.82, 2.24) is 5.32 Å². The molecule has 0 aliphatic rings. The van der Waals surface area contributed by atoms with E-state index < -0.39 is 57.6 Å². The van der Waals surface area contributed by atoms with Crippen LogP contribution in [0.25, 0.3) is 0 Å². The molecule has 0 bridgehead atoms. The van der Waals surface area contributed by atoms with Crippen molar-refractivity contribution in [2.24, 2.45) is 0 Å². The molecule has 0 aliphatic carbocycles. The minimum Gasteiger partial charge on any atom is -0.480 e. The van der Waals surface area contributed by atoms with Gasteiger partial charge in [0.15, 0.2) is 6.04 Å². The molecule has 0 aromatic heterocycles. The van der Waals surface area contributed by atoms with Gasteiger partial charge in [0.25, 0.3) is 0 Å². The highest BCUT2D eigenvalue weighted by Crippen LogP contribution is 2.43. The fourth-order valence-electron chi connectivity index (χ4n) is 5.12. The number of carbonyl (C=O) groups excluding carboxylic acids is 2. The van der Waals surface area contributed by atoms with Crippen molar-refractivity contribution >= 4 is 25.7 Å². The normalized spacial score (nSPS) is 14.3. The predicted molar refractivity (Wildman–Crippen MR) is 212 cm³/mol. The Kier molecular flexibility index (Phi) is 34.7. The summed E-state index contributed by atoms with van der Waals surface area (Å²) in [5.74, 6) is -2.41. The van der Waals surface area contributed by atoms with Crippen LogP contribution in [0.15, 0.2) is 48.6 Å². The molecule has 0 aromatic carbocycles. The van der Waals surface area contributed by atoms with E-state index in [0.29, 0.717) is 12.8 Å². The molecule has 3 unspecified atom stereocenters. The van der Waals surface area contributed by atoms with Crippen molar-refractivity contribution in [3.63, 3.8) is 0 Å². The molecule has 12 heteroatoms. The molecule has 306 valence electrons. The van der Waals surface area contributed by atoms with Crippen molar-refractivity contribution in [3.8, 4) is 0 Å². The van der Waals surface area contributed by atoms with Gasteiger partial charge in [-0.3, -0.25) is 18.6 Å². The second-order valence-corrected chi connectivity index (χ2v) is 14.9. The Morgan fingerprint density at radius 2 is 1.06 bits per heavy atom. The molecule has 0 saturated heterocycles. The van der Waals surface area contributed by atoms with Gasteiger partial charge in [0.05, 0.1) is 13.2 Å². The van der Waals surface area contributed by atoms with Crippen molar-refractivity contribution in [1.29, 1.82) is 0 Å². The Morgan fingerprint density at radius 1 is 0.604 bits per heavy atom. The molecule has 0 spiro atoms. The third-order valence-electron chi connectivity index (χ3n) is 8.34. The van der Waals surface area contributed by atoms with Crippen molar-refractivity contribution in [2.75, 3.05) is 19.8 Å². The van der Waals surface area contributed by atoms with Crippen LogP contribution in [0.4, 0.5) is 0 Å². The van der Waals surface area contributed by atoms with E-state index >= 15 is 0 Å². The number of phosphoric ester groups is 1. The number of aliphatic hydroxyl groups excluding tert-OH is 1. The topological polar surface area (TPSA) is 169 Å². The molecule has 1 amide bonds. The molecule has 0 saturated carbocycles. The zero-order valence-electron chi connectivity index (χ0n) is 32.8. The molecule has 11 nitrogen and oxygen atoms in total. The number of aliphatic carboxylic acids is 1. The van der Waals surface area contributed by atoms with E-state index in [1.807, 2.05) is 0 Å². The maximum Gasteiger partial charge on any atom is 0.472 e. The summed E-state index contributed by atoms with van der Waals surface area (Å²) in [5, 5.41) is 21.8. The second-order valence-electron chi connectivity index (χ2n) is 13.5. The summed E-state index contributed by atoms with van der Waals surface area (Å²) in [6.45, 7) is 2.48. The average Bonchev–Trinajstić information content (AvgIpc) is 3.13. The first-order valence-electron chi connectivity index (χ1n) is 20.2. The number of esters is 1. The van der Waals surface area contributed by atoms with E-state index in [9.17, 15) is 34.1 Å². The minimum absolute atomic E-state index is 0.127. The molecule has 0 aliphatic heterocycles. The van der Waals surface area contributed by atoms with Gasteiger partial charge < -0.3 is 25.2 Å². The van der Waals surface area contributed by atoms with Crippen LogP contribution in [-0.2, 0) is 32.7 Å². The summed E-state index contributed by atoms with van der Waals surface area (Å²) in [6, 6.07) is -1.56. The fourth-order valence-corrected chi connectivity index (χ4v) is 5.90. The lowest BCUT2D eigenvalue weighted by atomic mass is 10.1. The van der Waals surface area contributed by atoms with E-state index in [2.05, 4.69) is 67.8 Å². The lowest BCUT2D eigenvalue weighted by Crippen LogP contribution is -2.43. The van der Waals surface area contributed by atoms with Gasteiger partial charge in [0.1, 0.15) is 12.7 Å². The third kappa shape index (κ3) is 36.2. The van der Waals surface area contributed by atoms with Crippen LogP contribution in [-0.4, -0.2) is 64.9 Å². The lowest BCUT2D eigenvalue weighted by molar-refractivity contribution is -0.147. The number of ether oxygens (including phenoxy) is 1. The molecule has 0 aromatic rings. The SMILES string of the molecule is CCCC/C=C\C/C=C\CCCCCCCC(=O)NC(COP(=O)(O)OCC(O)COC(=O)CCCCCCC/C=C\C/C=C\CCCCC)C(=O)O. The van der Waals surface area contributed by atoms with Crippen LogP contribution in [0.1, 0.15) is 162 Å². The summed E-state index contributed by atoms with van der Waals surface area (Å²) >= 11 is 0. The highest BCUT2D eigenvalue weighted by molar-refractivity contribution is 7.47. The highest BCUT2D eigenvalue weighted by Gasteiger charge is 2.28. The van der Waals surface area contributed by atoms with Crippen LogP contribution in [0.3, 0.4) is 0 Å².